The molecule has 2 aliphatic heterocycles. The summed E-state index contributed by atoms with van der Waals surface area (Å²) >= 11 is 0. The Hall–Kier alpha value is -4.71. The Labute approximate surface area is 262 Å². The zero-order valence-corrected chi connectivity index (χ0v) is 26.0. The van der Waals surface area contributed by atoms with Crippen LogP contribution in [0, 0.1) is 0 Å². The zero-order chi connectivity index (χ0) is 31.4. The first kappa shape index (κ1) is 30.3. The first-order chi connectivity index (χ1) is 21.7. The van der Waals surface area contributed by atoms with Crippen LogP contribution in [-0.2, 0) is 21.5 Å². The zero-order valence-electron chi connectivity index (χ0n) is 26.0. The molecule has 0 unspecified atom stereocenters. The number of anilines is 3. The molecule has 2 aromatic carbocycles. The number of carbonyl (C=O) groups is 2. The topological polar surface area (TPSA) is 126 Å². The van der Waals surface area contributed by atoms with E-state index in [1.807, 2.05) is 41.3 Å². The Morgan fingerprint density at radius 1 is 1.02 bits per heavy atom. The average molecular weight is 613 g/mol. The van der Waals surface area contributed by atoms with Gasteiger partial charge in [0.2, 0.25) is 5.95 Å². The van der Waals surface area contributed by atoms with E-state index in [-0.39, 0.29) is 24.0 Å². The molecule has 4 heterocycles. The number of nitrogens with zero attached hydrogens (tertiary/aromatic N) is 6. The molecule has 236 valence electrons. The van der Waals surface area contributed by atoms with Crippen molar-refractivity contribution in [3.63, 3.8) is 0 Å². The van der Waals surface area contributed by atoms with E-state index in [2.05, 4.69) is 58.5 Å². The van der Waals surface area contributed by atoms with Crippen LogP contribution in [0.3, 0.4) is 0 Å². The number of carbonyl (C=O) groups excluding carboxylic acids is 2. The van der Waals surface area contributed by atoms with Gasteiger partial charge in [-0.3, -0.25) is 4.79 Å². The highest BCUT2D eigenvalue weighted by Gasteiger charge is 2.25. The van der Waals surface area contributed by atoms with Gasteiger partial charge in [0.05, 0.1) is 13.2 Å². The standard InChI is InChI=1S/C33H40N8O4/c1-33(2,3)25-10-6-23(7-11-25)22-45-32(43)36-27-5-4-15-40(21-27)31-37-28(29-34-14-16-41(29)38-31)35-26-12-8-24(9-13-26)30(42)39-17-19-44-20-18-39/h6-14,16,27H,4-5,15,17-22H2,1-3H3,(H,36,43)(H,35,37,38)/t27-/m0/s1. The molecule has 2 amide bonds. The van der Waals surface area contributed by atoms with Gasteiger partial charge in [0, 0.05) is 55.9 Å². The van der Waals surface area contributed by atoms with Crippen molar-refractivity contribution in [3.05, 3.63) is 77.6 Å². The summed E-state index contributed by atoms with van der Waals surface area (Å²) in [6.45, 7) is 10.4. The first-order valence-corrected chi connectivity index (χ1v) is 15.5. The second-order valence-corrected chi connectivity index (χ2v) is 12.5. The predicted molar refractivity (Wildman–Crippen MR) is 171 cm³/mol. The van der Waals surface area contributed by atoms with E-state index in [4.69, 9.17) is 14.5 Å². The summed E-state index contributed by atoms with van der Waals surface area (Å²) in [6, 6.07) is 15.4. The third kappa shape index (κ3) is 7.34. The second-order valence-electron chi connectivity index (χ2n) is 12.5. The summed E-state index contributed by atoms with van der Waals surface area (Å²) < 4.78 is 12.6. The maximum atomic E-state index is 12.8. The van der Waals surface area contributed by atoms with Gasteiger partial charge < -0.3 is 29.9 Å². The molecule has 12 heteroatoms. The molecular formula is C33H40N8O4. The molecule has 1 atom stereocenters. The molecule has 4 aromatic rings. The smallest absolute Gasteiger partial charge is 0.407 e. The summed E-state index contributed by atoms with van der Waals surface area (Å²) in [5, 5.41) is 11.1. The number of rotatable bonds is 7. The van der Waals surface area contributed by atoms with Crippen molar-refractivity contribution in [1.82, 2.24) is 29.8 Å². The van der Waals surface area contributed by atoms with Gasteiger partial charge in [0.15, 0.2) is 11.5 Å². The van der Waals surface area contributed by atoms with Crippen molar-refractivity contribution in [1.29, 1.82) is 0 Å². The molecule has 0 radical (unpaired) electrons. The van der Waals surface area contributed by atoms with E-state index in [1.165, 1.54) is 5.56 Å². The second kappa shape index (κ2) is 13.1. The van der Waals surface area contributed by atoms with Crippen LogP contribution >= 0.6 is 0 Å². The van der Waals surface area contributed by atoms with Crippen LogP contribution in [0.4, 0.5) is 22.2 Å². The Kier molecular flexibility index (Phi) is 8.83. The van der Waals surface area contributed by atoms with E-state index < -0.39 is 6.09 Å². The van der Waals surface area contributed by atoms with Crippen LogP contribution in [-0.4, -0.2) is 81.9 Å². The van der Waals surface area contributed by atoms with Gasteiger partial charge in [-0.15, -0.1) is 5.10 Å². The van der Waals surface area contributed by atoms with E-state index in [9.17, 15) is 9.59 Å². The number of piperidine rings is 1. The lowest BCUT2D eigenvalue weighted by Gasteiger charge is -2.33. The lowest BCUT2D eigenvalue weighted by atomic mass is 9.87. The average Bonchev–Trinajstić information content (AvgIpc) is 3.54. The maximum absolute atomic E-state index is 12.8. The number of amides is 2. The maximum Gasteiger partial charge on any atom is 0.407 e. The molecule has 0 bridgehead atoms. The van der Waals surface area contributed by atoms with Crippen LogP contribution in [0.1, 0.15) is 55.1 Å². The molecule has 2 N–H and O–H groups in total. The largest absolute Gasteiger partial charge is 0.445 e. The van der Waals surface area contributed by atoms with Gasteiger partial charge in [0.25, 0.3) is 5.91 Å². The number of aromatic nitrogens is 4. The number of nitrogens with one attached hydrogen (secondary N) is 2. The molecular weight excluding hydrogens is 572 g/mol. The number of morpholine rings is 1. The molecule has 2 fully saturated rings. The Morgan fingerprint density at radius 2 is 1.78 bits per heavy atom. The highest BCUT2D eigenvalue weighted by molar-refractivity contribution is 5.94. The fraction of sp³-hybridized carbons (Fsp3) is 0.424. The number of hydrogen-bond acceptors (Lipinski definition) is 9. The number of alkyl carbamates (subject to hydrolysis) is 1. The number of fused-ring (bicyclic) bond motifs is 1. The van der Waals surface area contributed by atoms with Gasteiger partial charge in [-0.25, -0.2) is 14.3 Å². The third-order valence-corrected chi connectivity index (χ3v) is 8.15. The molecule has 0 aliphatic carbocycles. The molecule has 45 heavy (non-hydrogen) atoms. The van der Waals surface area contributed by atoms with Crippen LogP contribution in [0.5, 0.6) is 0 Å². The van der Waals surface area contributed by atoms with Crippen molar-refractivity contribution in [3.8, 4) is 0 Å². The normalized spacial score (nSPS) is 17.3. The molecule has 0 spiro atoms. The summed E-state index contributed by atoms with van der Waals surface area (Å²) in [5.41, 5.74) is 4.24. The molecule has 0 saturated carbocycles. The number of imidazole rings is 1. The third-order valence-electron chi connectivity index (χ3n) is 8.15. The Morgan fingerprint density at radius 3 is 2.51 bits per heavy atom. The quantitative estimate of drug-likeness (QED) is 0.310. The predicted octanol–water partition coefficient (Wildman–Crippen LogP) is 4.53. The summed E-state index contributed by atoms with van der Waals surface area (Å²) in [5.74, 6) is 1.07. The Balaban J connectivity index is 1.08. The van der Waals surface area contributed by atoms with Crippen LogP contribution in [0.2, 0.25) is 0 Å². The minimum atomic E-state index is -0.439. The highest BCUT2D eigenvalue weighted by atomic mass is 16.5. The van der Waals surface area contributed by atoms with Crippen LogP contribution < -0.4 is 15.5 Å². The van der Waals surface area contributed by atoms with Gasteiger partial charge in [-0.2, -0.15) is 4.98 Å². The van der Waals surface area contributed by atoms with E-state index in [0.29, 0.717) is 55.8 Å². The van der Waals surface area contributed by atoms with Gasteiger partial charge >= 0.3 is 6.09 Å². The molecule has 12 nitrogen and oxygen atoms in total. The minimum Gasteiger partial charge on any atom is -0.445 e. The van der Waals surface area contributed by atoms with Gasteiger partial charge in [-0.1, -0.05) is 45.0 Å². The van der Waals surface area contributed by atoms with Gasteiger partial charge in [0.1, 0.15) is 6.61 Å². The number of benzene rings is 2. The minimum absolute atomic E-state index is 0.00304. The number of ether oxygens (including phenoxy) is 2. The van der Waals surface area contributed by atoms with Crippen molar-refractivity contribution in [2.24, 2.45) is 0 Å². The Bertz CT molecular complexity index is 1630. The van der Waals surface area contributed by atoms with Gasteiger partial charge in [-0.05, 0) is 53.6 Å². The molecule has 2 aromatic heterocycles. The molecule has 2 aliphatic rings. The lowest BCUT2D eigenvalue weighted by molar-refractivity contribution is 0.0303. The van der Waals surface area contributed by atoms with Crippen molar-refractivity contribution < 1.29 is 19.1 Å². The molecule has 2 saturated heterocycles. The monoisotopic (exact) mass is 612 g/mol. The fourth-order valence-corrected chi connectivity index (χ4v) is 5.55. The SMILES string of the molecule is CC(C)(C)c1ccc(COC(=O)N[C@H]2CCCN(c3nc(Nc4ccc(C(=O)N5CCOCC5)cc4)c4nccn4n3)C2)cc1. The van der Waals surface area contributed by atoms with Crippen LogP contribution in [0.15, 0.2) is 60.9 Å². The fourth-order valence-electron chi connectivity index (χ4n) is 5.55. The summed E-state index contributed by atoms with van der Waals surface area (Å²) in [6.07, 6.45) is 4.72. The first-order valence-electron chi connectivity index (χ1n) is 15.5. The van der Waals surface area contributed by atoms with Crippen molar-refractivity contribution >= 4 is 35.1 Å². The highest BCUT2D eigenvalue weighted by Crippen LogP contribution is 2.25. The van der Waals surface area contributed by atoms with Crippen molar-refractivity contribution in [2.45, 2.75) is 51.7 Å². The van der Waals surface area contributed by atoms with E-state index in [1.54, 1.807) is 16.9 Å². The molecule has 6 rings (SSSR count). The van der Waals surface area contributed by atoms with E-state index in [0.717, 1.165) is 30.6 Å². The van der Waals surface area contributed by atoms with Crippen molar-refractivity contribution in [2.75, 3.05) is 49.6 Å². The summed E-state index contributed by atoms with van der Waals surface area (Å²) in [7, 11) is 0. The van der Waals surface area contributed by atoms with Crippen LogP contribution in [0.25, 0.3) is 5.65 Å². The summed E-state index contributed by atoms with van der Waals surface area (Å²) in [4.78, 5) is 38.6. The number of hydrogen-bond donors (Lipinski definition) is 2. The van der Waals surface area contributed by atoms with E-state index >= 15 is 0 Å². The lowest BCUT2D eigenvalue weighted by Crippen LogP contribution is -2.48.